The number of hydrogen-bond acceptors (Lipinski definition) is 3. The highest BCUT2D eigenvalue weighted by atomic mass is 16.4. The van der Waals surface area contributed by atoms with Gasteiger partial charge >= 0.3 is 12.0 Å². The summed E-state index contributed by atoms with van der Waals surface area (Å²) in [5.41, 5.74) is 0. The second kappa shape index (κ2) is 6.54. The Hall–Kier alpha value is -1.79. The second-order valence-corrected chi connectivity index (χ2v) is 6.70. The third-order valence-electron chi connectivity index (χ3n) is 4.46. The van der Waals surface area contributed by atoms with Crippen molar-refractivity contribution in [3.05, 3.63) is 0 Å². The van der Waals surface area contributed by atoms with Crippen molar-refractivity contribution in [3.8, 4) is 0 Å². The van der Waals surface area contributed by atoms with Crippen molar-refractivity contribution in [1.29, 1.82) is 0 Å². The summed E-state index contributed by atoms with van der Waals surface area (Å²) in [6.45, 7) is 7.23. The molecule has 0 radical (unpaired) electrons. The van der Waals surface area contributed by atoms with Crippen LogP contribution in [0.15, 0.2) is 0 Å². The molecule has 2 aliphatic rings. The number of urea groups is 1. The van der Waals surface area contributed by atoms with Gasteiger partial charge < -0.3 is 20.2 Å². The van der Waals surface area contributed by atoms with E-state index in [1.165, 1.54) is 4.90 Å². The van der Waals surface area contributed by atoms with Gasteiger partial charge in [-0.1, -0.05) is 6.92 Å². The lowest BCUT2D eigenvalue weighted by Crippen LogP contribution is -2.53. The molecular formula is C15H25N3O4. The summed E-state index contributed by atoms with van der Waals surface area (Å²) in [5.74, 6) is -1.30. The summed E-state index contributed by atoms with van der Waals surface area (Å²) in [4.78, 5) is 39.0. The maximum atomic E-state index is 12.3. The molecule has 0 aromatic rings. The van der Waals surface area contributed by atoms with Gasteiger partial charge in [-0.05, 0) is 32.6 Å². The molecule has 2 heterocycles. The molecule has 0 aliphatic carbocycles. The average Bonchev–Trinajstić information content (AvgIpc) is 2.79. The van der Waals surface area contributed by atoms with Crippen LogP contribution in [0.3, 0.4) is 0 Å². The van der Waals surface area contributed by atoms with Gasteiger partial charge in [-0.3, -0.25) is 9.59 Å². The number of likely N-dealkylation sites (tertiary alicyclic amines) is 2. The van der Waals surface area contributed by atoms with E-state index in [1.54, 1.807) is 4.90 Å². The number of amides is 3. The van der Waals surface area contributed by atoms with Crippen LogP contribution >= 0.6 is 0 Å². The van der Waals surface area contributed by atoms with Crippen LogP contribution in [0.25, 0.3) is 0 Å². The van der Waals surface area contributed by atoms with E-state index < -0.39 is 17.9 Å². The van der Waals surface area contributed by atoms with Gasteiger partial charge in [0.05, 0.1) is 5.92 Å². The molecule has 0 aromatic heterocycles. The molecule has 0 bridgehead atoms. The van der Waals surface area contributed by atoms with Crippen LogP contribution in [0.2, 0.25) is 0 Å². The molecule has 2 rings (SSSR count). The van der Waals surface area contributed by atoms with Crippen molar-refractivity contribution in [2.24, 2.45) is 11.8 Å². The van der Waals surface area contributed by atoms with Gasteiger partial charge in [0.2, 0.25) is 5.91 Å². The van der Waals surface area contributed by atoms with Gasteiger partial charge in [0.15, 0.2) is 0 Å². The third kappa shape index (κ3) is 3.51. The fourth-order valence-corrected chi connectivity index (χ4v) is 3.29. The van der Waals surface area contributed by atoms with Crippen LogP contribution < -0.4 is 5.32 Å². The van der Waals surface area contributed by atoms with Crippen molar-refractivity contribution >= 4 is 17.9 Å². The predicted octanol–water partition coefficient (Wildman–Crippen LogP) is 0.748. The van der Waals surface area contributed by atoms with Gasteiger partial charge in [-0.15, -0.1) is 0 Å². The van der Waals surface area contributed by atoms with E-state index in [9.17, 15) is 14.4 Å². The molecule has 2 N–H and O–H groups in total. The minimum atomic E-state index is -0.868. The van der Waals surface area contributed by atoms with Crippen molar-refractivity contribution in [2.75, 3.05) is 19.6 Å². The lowest BCUT2D eigenvalue weighted by molar-refractivity contribution is -0.143. The van der Waals surface area contributed by atoms with Gasteiger partial charge in [0.25, 0.3) is 0 Å². The zero-order valence-electron chi connectivity index (χ0n) is 13.4. The van der Waals surface area contributed by atoms with Crippen molar-refractivity contribution in [3.63, 3.8) is 0 Å². The van der Waals surface area contributed by atoms with Gasteiger partial charge in [0, 0.05) is 25.7 Å². The van der Waals surface area contributed by atoms with E-state index in [2.05, 4.69) is 5.32 Å². The maximum absolute atomic E-state index is 12.3. The first-order valence-corrected chi connectivity index (χ1v) is 7.88. The summed E-state index contributed by atoms with van der Waals surface area (Å²) >= 11 is 0. The van der Waals surface area contributed by atoms with E-state index in [0.717, 1.165) is 0 Å². The normalized spacial score (nSPS) is 29.1. The predicted molar refractivity (Wildman–Crippen MR) is 80.3 cm³/mol. The molecule has 124 valence electrons. The summed E-state index contributed by atoms with van der Waals surface area (Å²) in [5, 5.41) is 11.9. The number of hydrogen-bond donors (Lipinski definition) is 2. The van der Waals surface area contributed by atoms with E-state index in [1.807, 2.05) is 20.8 Å². The molecule has 2 saturated heterocycles. The Kier molecular flexibility index (Phi) is 4.93. The zero-order valence-corrected chi connectivity index (χ0v) is 13.4. The monoisotopic (exact) mass is 311 g/mol. The third-order valence-corrected chi connectivity index (χ3v) is 4.46. The Morgan fingerprint density at radius 2 is 2.00 bits per heavy atom. The van der Waals surface area contributed by atoms with Gasteiger partial charge in [-0.25, -0.2) is 4.79 Å². The Labute approximate surface area is 130 Å². The summed E-state index contributed by atoms with van der Waals surface area (Å²) in [6.07, 6.45) is 1.19. The minimum Gasteiger partial charge on any atom is -0.481 e. The highest BCUT2D eigenvalue weighted by Gasteiger charge is 2.37. The smallest absolute Gasteiger partial charge is 0.318 e. The van der Waals surface area contributed by atoms with Gasteiger partial charge in [0.1, 0.15) is 6.04 Å². The average molecular weight is 311 g/mol. The van der Waals surface area contributed by atoms with Crippen LogP contribution in [-0.4, -0.2) is 64.5 Å². The number of aliphatic carboxylic acids is 1. The molecule has 2 fully saturated rings. The summed E-state index contributed by atoms with van der Waals surface area (Å²) in [6, 6.07) is -0.696. The SMILES string of the molecule is CC1CC(C(=O)O)CN(C(=O)NC2CCN(C(C)C)C2=O)C1. The van der Waals surface area contributed by atoms with Gasteiger partial charge in [-0.2, -0.15) is 0 Å². The van der Waals surface area contributed by atoms with Crippen LogP contribution in [0, 0.1) is 11.8 Å². The summed E-state index contributed by atoms with van der Waals surface area (Å²) < 4.78 is 0. The Morgan fingerprint density at radius 3 is 2.55 bits per heavy atom. The topological polar surface area (TPSA) is 89.9 Å². The van der Waals surface area contributed by atoms with Crippen molar-refractivity contribution in [2.45, 2.75) is 45.7 Å². The number of nitrogens with one attached hydrogen (secondary N) is 1. The standard InChI is InChI=1S/C15H25N3O4/c1-9(2)18-5-4-12(13(18)19)16-15(22)17-7-10(3)6-11(8-17)14(20)21/h9-12H,4-8H2,1-3H3,(H,16,22)(H,20,21). The first-order valence-electron chi connectivity index (χ1n) is 7.88. The number of nitrogens with zero attached hydrogens (tertiary/aromatic N) is 2. The molecule has 2 aliphatic heterocycles. The number of piperidine rings is 1. The van der Waals surface area contributed by atoms with Crippen LogP contribution in [0.5, 0.6) is 0 Å². The summed E-state index contributed by atoms with van der Waals surface area (Å²) in [7, 11) is 0. The lowest BCUT2D eigenvalue weighted by atomic mass is 9.91. The molecule has 0 spiro atoms. The first-order chi connectivity index (χ1) is 10.3. The molecule has 3 unspecified atom stereocenters. The molecule has 0 aromatic carbocycles. The van der Waals surface area contributed by atoms with E-state index in [4.69, 9.17) is 5.11 Å². The highest BCUT2D eigenvalue weighted by Crippen LogP contribution is 2.22. The fourth-order valence-electron chi connectivity index (χ4n) is 3.29. The quantitative estimate of drug-likeness (QED) is 0.805. The minimum absolute atomic E-state index is 0.0526. The number of carbonyl (C=O) groups is 3. The largest absolute Gasteiger partial charge is 0.481 e. The second-order valence-electron chi connectivity index (χ2n) is 6.70. The molecule has 7 nitrogen and oxygen atoms in total. The number of rotatable bonds is 3. The maximum Gasteiger partial charge on any atom is 0.318 e. The molecule has 3 amide bonds. The highest BCUT2D eigenvalue weighted by molar-refractivity contribution is 5.89. The molecule has 22 heavy (non-hydrogen) atoms. The number of carboxylic acid groups (broad SMARTS) is 1. The van der Waals surface area contributed by atoms with Crippen molar-refractivity contribution < 1.29 is 19.5 Å². The molecular weight excluding hydrogens is 286 g/mol. The van der Waals surface area contributed by atoms with E-state index in [0.29, 0.717) is 25.9 Å². The first kappa shape index (κ1) is 16.6. The van der Waals surface area contributed by atoms with Crippen LogP contribution in [0.4, 0.5) is 4.79 Å². The Morgan fingerprint density at radius 1 is 1.32 bits per heavy atom. The Bertz CT molecular complexity index is 466. The molecule has 3 atom stereocenters. The lowest BCUT2D eigenvalue weighted by Gasteiger charge is -2.35. The number of carboxylic acids is 1. The molecule has 0 saturated carbocycles. The molecule has 7 heteroatoms. The van der Waals surface area contributed by atoms with Crippen molar-refractivity contribution in [1.82, 2.24) is 15.1 Å². The number of carbonyl (C=O) groups excluding carboxylic acids is 2. The fraction of sp³-hybridized carbons (Fsp3) is 0.800. The van der Waals surface area contributed by atoms with Crippen LogP contribution in [0.1, 0.15) is 33.6 Å². The van der Waals surface area contributed by atoms with E-state index in [-0.39, 0.29) is 30.4 Å². The van der Waals surface area contributed by atoms with Crippen LogP contribution in [-0.2, 0) is 9.59 Å². The zero-order chi connectivity index (χ0) is 16.4. The van der Waals surface area contributed by atoms with E-state index >= 15 is 0 Å². The Balaban J connectivity index is 1.94.